The molecule has 1 unspecified atom stereocenters. The lowest BCUT2D eigenvalue weighted by molar-refractivity contribution is 0.277. The Labute approximate surface area is 127 Å². The maximum absolute atomic E-state index is 9.47. The zero-order valence-corrected chi connectivity index (χ0v) is 13.4. The van der Waals surface area contributed by atoms with Gasteiger partial charge < -0.3 is 14.9 Å². The van der Waals surface area contributed by atoms with Crippen LogP contribution in [0.25, 0.3) is 10.9 Å². The molecular weight excluding hydrogens is 262 g/mol. The normalized spacial score (nSPS) is 12.9. The van der Waals surface area contributed by atoms with Crippen LogP contribution in [0.5, 0.6) is 0 Å². The van der Waals surface area contributed by atoms with E-state index in [2.05, 4.69) is 48.8 Å². The summed E-state index contributed by atoms with van der Waals surface area (Å²) in [4.78, 5) is 9.08. The second kappa shape index (κ2) is 6.87. The van der Waals surface area contributed by atoms with E-state index < -0.39 is 0 Å². The first kappa shape index (κ1) is 15.7. The number of aromatic nitrogens is 1. The summed E-state index contributed by atoms with van der Waals surface area (Å²) in [5.74, 6) is 0. The fourth-order valence-corrected chi connectivity index (χ4v) is 2.88. The smallest absolute Gasteiger partial charge is 0.0854 e. The first-order valence-corrected chi connectivity index (χ1v) is 7.47. The van der Waals surface area contributed by atoms with Crippen LogP contribution in [0.4, 0.5) is 5.69 Å². The summed E-state index contributed by atoms with van der Waals surface area (Å²) in [6.07, 6.45) is 0. The number of anilines is 1. The summed E-state index contributed by atoms with van der Waals surface area (Å²) < 4.78 is 0. The fourth-order valence-electron chi connectivity index (χ4n) is 2.88. The quantitative estimate of drug-likeness (QED) is 0.886. The number of hydrogen-bond acceptors (Lipinski definition) is 4. The molecule has 0 bridgehead atoms. The molecule has 2 rings (SSSR count). The van der Waals surface area contributed by atoms with Crippen molar-refractivity contribution in [3.8, 4) is 0 Å². The molecule has 0 amide bonds. The highest BCUT2D eigenvalue weighted by Gasteiger charge is 2.17. The molecule has 0 aliphatic rings. The zero-order valence-electron chi connectivity index (χ0n) is 13.4. The van der Waals surface area contributed by atoms with Crippen LogP contribution in [0.2, 0.25) is 0 Å². The number of rotatable bonds is 6. The molecule has 4 nitrogen and oxygen atoms in total. The molecule has 1 aromatic carbocycles. The van der Waals surface area contributed by atoms with Gasteiger partial charge >= 0.3 is 0 Å². The second-order valence-corrected chi connectivity index (χ2v) is 5.71. The summed E-state index contributed by atoms with van der Waals surface area (Å²) in [6, 6.07) is 10.5. The molecular formula is C17H25N3O. The number of likely N-dealkylation sites (N-methyl/N-ethyl adjacent to an activating group) is 2. The van der Waals surface area contributed by atoms with Crippen molar-refractivity contribution in [3.05, 3.63) is 36.0 Å². The van der Waals surface area contributed by atoms with E-state index >= 15 is 0 Å². The molecule has 0 radical (unpaired) electrons. The summed E-state index contributed by atoms with van der Waals surface area (Å²) in [5.41, 5.74) is 2.82. The molecule has 0 aliphatic carbocycles. The molecule has 1 aromatic heterocycles. The maximum atomic E-state index is 9.47. The van der Waals surface area contributed by atoms with Crippen molar-refractivity contribution in [3.63, 3.8) is 0 Å². The van der Waals surface area contributed by atoms with Gasteiger partial charge in [0.05, 0.1) is 17.8 Å². The standard InChI is InChI=1S/C17H25N3O/c1-5-20(13(2)11-19(3)4)17-10-14(12-21)18-16-9-7-6-8-15(16)17/h6-10,13,21H,5,11-12H2,1-4H3. The van der Waals surface area contributed by atoms with Crippen LogP contribution < -0.4 is 4.90 Å². The number of hydrogen-bond donors (Lipinski definition) is 1. The number of fused-ring (bicyclic) bond motifs is 1. The summed E-state index contributed by atoms with van der Waals surface area (Å²) in [6.45, 7) is 6.28. The monoisotopic (exact) mass is 287 g/mol. The van der Waals surface area contributed by atoms with Crippen LogP contribution in [0.3, 0.4) is 0 Å². The van der Waals surface area contributed by atoms with E-state index in [9.17, 15) is 5.11 Å². The fraction of sp³-hybridized carbons (Fsp3) is 0.471. The minimum Gasteiger partial charge on any atom is -0.390 e. The van der Waals surface area contributed by atoms with Gasteiger partial charge in [-0.25, -0.2) is 0 Å². The van der Waals surface area contributed by atoms with Crippen molar-refractivity contribution in [1.29, 1.82) is 0 Å². The number of pyridine rings is 1. The molecule has 2 aromatic rings. The van der Waals surface area contributed by atoms with E-state index in [-0.39, 0.29) is 6.61 Å². The van der Waals surface area contributed by atoms with Crippen LogP contribution in [-0.4, -0.2) is 48.2 Å². The molecule has 1 heterocycles. The van der Waals surface area contributed by atoms with Crippen molar-refractivity contribution in [1.82, 2.24) is 9.88 Å². The average molecular weight is 287 g/mol. The Kier molecular flexibility index (Phi) is 5.15. The third-order valence-corrected chi connectivity index (χ3v) is 3.72. The van der Waals surface area contributed by atoms with Crippen molar-refractivity contribution < 1.29 is 5.11 Å². The number of benzene rings is 1. The SMILES string of the molecule is CCN(c1cc(CO)nc2ccccc12)C(C)CN(C)C. The Hall–Kier alpha value is -1.65. The number of aliphatic hydroxyl groups excluding tert-OH is 1. The molecule has 0 aliphatic heterocycles. The van der Waals surface area contributed by atoms with Gasteiger partial charge in [0.25, 0.3) is 0 Å². The first-order valence-electron chi connectivity index (χ1n) is 7.47. The lowest BCUT2D eigenvalue weighted by atomic mass is 10.1. The minimum absolute atomic E-state index is 0.0303. The van der Waals surface area contributed by atoms with Gasteiger partial charge in [-0.1, -0.05) is 18.2 Å². The van der Waals surface area contributed by atoms with Gasteiger partial charge in [0, 0.05) is 30.2 Å². The summed E-state index contributed by atoms with van der Waals surface area (Å²) >= 11 is 0. The van der Waals surface area contributed by atoms with Crippen molar-refractivity contribution in [2.75, 3.05) is 32.1 Å². The van der Waals surface area contributed by atoms with Crippen molar-refractivity contribution in [2.45, 2.75) is 26.5 Å². The Balaban J connectivity index is 2.51. The topological polar surface area (TPSA) is 39.6 Å². The zero-order chi connectivity index (χ0) is 15.4. The van der Waals surface area contributed by atoms with E-state index in [1.165, 1.54) is 0 Å². The first-order chi connectivity index (χ1) is 10.1. The minimum atomic E-state index is -0.0303. The Morgan fingerprint density at radius 3 is 2.57 bits per heavy atom. The molecule has 4 heteroatoms. The van der Waals surface area contributed by atoms with Crippen LogP contribution in [0.1, 0.15) is 19.5 Å². The van der Waals surface area contributed by atoms with Crippen LogP contribution >= 0.6 is 0 Å². The third-order valence-electron chi connectivity index (χ3n) is 3.72. The average Bonchev–Trinajstić information content (AvgIpc) is 2.46. The van der Waals surface area contributed by atoms with Gasteiger partial charge in [0.1, 0.15) is 0 Å². The molecule has 1 N–H and O–H groups in total. The van der Waals surface area contributed by atoms with E-state index in [0.717, 1.165) is 35.4 Å². The highest BCUT2D eigenvalue weighted by atomic mass is 16.3. The largest absolute Gasteiger partial charge is 0.390 e. The number of para-hydroxylation sites is 1. The lowest BCUT2D eigenvalue weighted by Gasteiger charge is -2.33. The van der Waals surface area contributed by atoms with Crippen molar-refractivity contribution >= 4 is 16.6 Å². The van der Waals surface area contributed by atoms with Crippen molar-refractivity contribution in [2.24, 2.45) is 0 Å². The second-order valence-electron chi connectivity index (χ2n) is 5.71. The predicted octanol–water partition coefficient (Wildman–Crippen LogP) is 2.50. The summed E-state index contributed by atoms with van der Waals surface area (Å²) in [7, 11) is 4.18. The molecule has 0 saturated carbocycles. The molecule has 1 atom stereocenters. The van der Waals surface area contributed by atoms with Gasteiger partial charge in [0.15, 0.2) is 0 Å². The number of aliphatic hydroxyl groups is 1. The Morgan fingerprint density at radius 2 is 1.95 bits per heavy atom. The summed E-state index contributed by atoms with van der Waals surface area (Å²) in [5, 5.41) is 10.6. The van der Waals surface area contributed by atoms with Gasteiger partial charge in [-0.15, -0.1) is 0 Å². The Bertz CT molecular complexity index is 598. The lowest BCUT2D eigenvalue weighted by Crippen LogP contribution is -2.40. The molecule has 0 fully saturated rings. The van der Waals surface area contributed by atoms with Crippen LogP contribution in [0.15, 0.2) is 30.3 Å². The van der Waals surface area contributed by atoms with E-state index in [1.807, 2.05) is 24.3 Å². The van der Waals surface area contributed by atoms with E-state index in [1.54, 1.807) is 0 Å². The van der Waals surface area contributed by atoms with Gasteiger partial charge in [-0.05, 0) is 40.1 Å². The molecule has 21 heavy (non-hydrogen) atoms. The number of nitrogens with zero attached hydrogens (tertiary/aromatic N) is 3. The van der Waals surface area contributed by atoms with Crippen LogP contribution in [-0.2, 0) is 6.61 Å². The van der Waals surface area contributed by atoms with Gasteiger partial charge in [-0.3, -0.25) is 4.98 Å². The van der Waals surface area contributed by atoms with E-state index in [0.29, 0.717) is 6.04 Å². The molecule has 0 spiro atoms. The Morgan fingerprint density at radius 1 is 1.24 bits per heavy atom. The molecule has 0 saturated heterocycles. The van der Waals surface area contributed by atoms with E-state index in [4.69, 9.17) is 0 Å². The van der Waals surface area contributed by atoms with Gasteiger partial charge in [0.2, 0.25) is 0 Å². The van der Waals surface area contributed by atoms with Gasteiger partial charge in [-0.2, -0.15) is 0 Å². The van der Waals surface area contributed by atoms with Crippen LogP contribution in [0, 0.1) is 0 Å². The molecule has 114 valence electrons. The predicted molar refractivity (Wildman–Crippen MR) is 88.7 cm³/mol. The highest BCUT2D eigenvalue weighted by Crippen LogP contribution is 2.28. The maximum Gasteiger partial charge on any atom is 0.0854 e. The third kappa shape index (κ3) is 3.52. The highest BCUT2D eigenvalue weighted by molar-refractivity contribution is 5.92.